The van der Waals surface area contributed by atoms with Crippen molar-refractivity contribution in [1.82, 2.24) is 0 Å². The molecule has 0 radical (unpaired) electrons. The summed E-state index contributed by atoms with van der Waals surface area (Å²) in [6.45, 7) is 2.68. The lowest BCUT2D eigenvalue weighted by molar-refractivity contribution is -0.114. The van der Waals surface area contributed by atoms with E-state index in [9.17, 15) is 4.79 Å². The largest absolute Gasteiger partial charge is 0.493 e. The van der Waals surface area contributed by atoms with Gasteiger partial charge in [-0.2, -0.15) is 10.1 Å². The lowest BCUT2D eigenvalue weighted by Crippen LogP contribution is -2.21. The van der Waals surface area contributed by atoms with Gasteiger partial charge in [0.2, 0.25) is 0 Å². The number of nitrogens with zero attached hydrogens (tertiary/aromatic N) is 2. The van der Waals surface area contributed by atoms with Gasteiger partial charge in [0.1, 0.15) is 11.5 Å². The van der Waals surface area contributed by atoms with E-state index in [1.54, 1.807) is 25.1 Å². The third-order valence-electron chi connectivity index (χ3n) is 4.95. The van der Waals surface area contributed by atoms with Gasteiger partial charge in [-0.1, -0.05) is 59.6 Å². The summed E-state index contributed by atoms with van der Waals surface area (Å²) in [7, 11) is 0. The quantitative estimate of drug-likeness (QED) is 0.268. The fourth-order valence-corrected chi connectivity index (χ4v) is 3.93. The smallest absolute Gasteiger partial charge is 0.280 e. The second-order valence-corrected chi connectivity index (χ2v) is 8.21. The summed E-state index contributed by atoms with van der Waals surface area (Å²) in [5, 5.41) is 6.62. The van der Waals surface area contributed by atoms with Crippen molar-refractivity contribution < 1.29 is 14.3 Å². The van der Waals surface area contributed by atoms with Gasteiger partial charge in [-0.25, -0.2) is 0 Å². The number of para-hydroxylation sites is 2. The molecular formula is C26H22Cl2N2O3. The number of anilines is 1. The summed E-state index contributed by atoms with van der Waals surface area (Å²) in [6.07, 6.45) is 2.38. The first-order valence-corrected chi connectivity index (χ1v) is 11.2. The lowest BCUT2D eigenvalue weighted by atomic mass is 10.1. The van der Waals surface area contributed by atoms with E-state index >= 15 is 0 Å². The van der Waals surface area contributed by atoms with Crippen molar-refractivity contribution in [1.29, 1.82) is 0 Å². The van der Waals surface area contributed by atoms with E-state index in [-0.39, 0.29) is 5.91 Å². The minimum atomic E-state index is -0.225. The zero-order chi connectivity index (χ0) is 23.2. The number of carbonyl (C=O) groups excluding carboxylic acids is 1. The van der Waals surface area contributed by atoms with E-state index in [1.807, 2.05) is 60.7 Å². The maximum atomic E-state index is 13.1. The number of ether oxygens (including phenoxy) is 2. The Hall–Kier alpha value is -3.28. The Kier molecular flexibility index (Phi) is 7.33. The molecule has 0 fully saturated rings. The fourth-order valence-electron chi connectivity index (χ4n) is 3.36. The van der Waals surface area contributed by atoms with Gasteiger partial charge in [0, 0.05) is 17.0 Å². The Labute approximate surface area is 202 Å². The van der Waals surface area contributed by atoms with Crippen LogP contribution < -0.4 is 14.5 Å². The van der Waals surface area contributed by atoms with Crippen LogP contribution in [0.1, 0.15) is 18.9 Å². The van der Waals surface area contributed by atoms with Gasteiger partial charge in [0.15, 0.2) is 0 Å². The summed E-state index contributed by atoms with van der Waals surface area (Å²) in [6, 6.07) is 22.2. The van der Waals surface area contributed by atoms with E-state index < -0.39 is 0 Å². The van der Waals surface area contributed by atoms with E-state index in [0.717, 1.165) is 5.75 Å². The van der Waals surface area contributed by atoms with Crippen LogP contribution in [0, 0.1) is 0 Å². The summed E-state index contributed by atoms with van der Waals surface area (Å²) in [5.41, 5.74) is 2.37. The first kappa shape index (κ1) is 22.9. The average Bonchev–Trinajstić information content (AvgIpc) is 3.10. The number of hydrogen-bond donors (Lipinski definition) is 0. The monoisotopic (exact) mass is 480 g/mol. The highest BCUT2D eigenvalue weighted by atomic mass is 35.5. The van der Waals surface area contributed by atoms with Crippen LogP contribution in [0.25, 0.3) is 6.08 Å². The molecule has 0 aromatic heterocycles. The highest BCUT2D eigenvalue weighted by Crippen LogP contribution is 2.35. The average molecular weight is 481 g/mol. The molecule has 1 aliphatic rings. The third kappa shape index (κ3) is 5.56. The van der Waals surface area contributed by atoms with Crippen molar-refractivity contribution in [2.24, 2.45) is 5.10 Å². The molecular weight excluding hydrogens is 459 g/mol. The van der Waals surface area contributed by atoms with Gasteiger partial charge in [-0.15, -0.1) is 0 Å². The van der Waals surface area contributed by atoms with E-state index in [2.05, 4.69) is 5.10 Å². The molecule has 0 unspecified atom stereocenters. The molecule has 33 heavy (non-hydrogen) atoms. The Morgan fingerprint density at radius 2 is 1.61 bits per heavy atom. The van der Waals surface area contributed by atoms with Crippen LogP contribution in [0.4, 0.5) is 5.69 Å². The molecule has 1 aliphatic heterocycles. The predicted octanol–water partition coefficient (Wildman–Crippen LogP) is 6.65. The second kappa shape index (κ2) is 10.6. The van der Waals surface area contributed by atoms with Crippen LogP contribution in [0.15, 0.2) is 83.5 Å². The topological polar surface area (TPSA) is 51.1 Å². The Bertz CT molecular complexity index is 1190. The highest BCUT2D eigenvalue weighted by Gasteiger charge is 2.29. The van der Waals surface area contributed by atoms with Crippen LogP contribution in [-0.4, -0.2) is 24.8 Å². The van der Waals surface area contributed by atoms with Gasteiger partial charge in [0.05, 0.1) is 35.2 Å². The fraction of sp³-hybridized carbons (Fsp3) is 0.154. The van der Waals surface area contributed by atoms with Crippen molar-refractivity contribution in [2.75, 3.05) is 18.2 Å². The molecule has 0 spiro atoms. The Morgan fingerprint density at radius 1 is 0.939 bits per heavy atom. The van der Waals surface area contributed by atoms with E-state index in [1.165, 1.54) is 5.01 Å². The number of rotatable bonds is 8. The summed E-state index contributed by atoms with van der Waals surface area (Å²) < 4.78 is 11.7. The molecule has 1 heterocycles. The lowest BCUT2D eigenvalue weighted by Gasteiger charge is -2.13. The molecule has 0 atom stereocenters. The molecule has 0 bridgehead atoms. The molecule has 3 aromatic rings. The van der Waals surface area contributed by atoms with Crippen molar-refractivity contribution in [3.63, 3.8) is 0 Å². The van der Waals surface area contributed by atoms with E-state index in [4.69, 9.17) is 32.7 Å². The highest BCUT2D eigenvalue weighted by molar-refractivity contribution is 6.36. The molecule has 0 saturated heterocycles. The maximum absolute atomic E-state index is 13.1. The number of carbonyl (C=O) groups is 1. The minimum absolute atomic E-state index is 0.225. The summed E-state index contributed by atoms with van der Waals surface area (Å²) in [5.74, 6) is 1.05. The standard InChI is InChI=1S/C26H22Cl2N2O3/c1-18-23(26(31)30(29-18)21-9-4-2-5-10-21)16-19-15-20(27)17-24(28)25(19)33-14-8-13-32-22-11-6-3-7-12-22/h2-7,9-12,15-17H,8,13-14H2,1H3/b23-16-. The van der Waals surface area contributed by atoms with Gasteiger partial charge in [0.25, 0.3) is 5.91 Å². The van der Waals surface area contributed by atoms with Crippen molar-refractivity contribution in [2.45, 2.75) is 13.3 Å². The number of halogens is 2. The van der Waals surface area contributed by atoms with Gasteiger partial charge < -0.3 is 9.47 Å². The second-order valence-electron chi connectivity index (χ2n) is 7.37. The number of amides is 1. The predicted molar refractivity (Wildman–Crippen MR) is 134 cm³/mol. The number of hydrogen-bond acceptors (Lipinski definition) is 4. The summed E-state index contributed by atoms with van der Waals surface area (Å²) in [4.78, 5) is 13.1. The van der Waals surface area contributed by atoms with Crippen LogP contribution in [0.3, 0.4) is 0 Å². The zero-order valence-corrected chi connectivity index (χ0v) is 19.5. The molecule has 7 heteroatoms. The van der Waals surface area contributed by atoms with Crippen LogP contribution in [-0.2, 0) is 4.79 Å². The van der Waals surface area contributed by atoms with Crippen molar-refractivity contribution in [3.8, 4) is 11.5 Å². The van der Waals surface area contributed by atoms with E-state index in [0.29, 0.717) is 58.0 Å². The van der Waals surface area contributed by atoms with Crippen molar-refractivity contribution >= 4 is 46.6 Å². The summed E-state index contributed by atoms with van der Waals surface area (Å²) >= 11 is 12.7. The van der Waals surface area contributed by atoms with Crippen LogP contribution in [0.2, 0.25) is 10.0 Å². The van der Waals surface area contributed by atoms with Crippen molar-refractivity contribution in [3.05, 3.63) is 94.0 Å². The first-order valence-electron chi connectivity index (χ1n) is 10.5. The molecule has 0 aliphatic carbocycles. The third-order valence-corrected chi connectivity index (χ3v) is 5.45. The SMILES string of the molecule is CC1=NN(c2ccccc2)C(=O)/C1=C\c1cc(Cl)cc(Cl)c1OCCCOc1ccccc1. The molecule has 5 nitrogen and oxygen atoms in total. The first-order chi connectivity index (χ1) is 16.0. The molecule has 1 amide bonds. The molecule has 4 rings (SSSR count). The maximum Gasteiger partial charge on any atom is 0.280 e. The normalized spacial score (nSPS) is 14.5. The number of hydrazone groups is 1. The van der Waals surface area contributed by atoms with Gasteiger partial charge in [-0.05, 0) is 49.4 Å². The number of benzene rings is 3. The van der Waals surface area contributed by atoms with Gasteiger partial charge >= 0.3 is 0 Å². The Morgan fingerprint density at radius 3 is 2.33 bits per heavy atom. The van der Waals surface area contributed by atoms with Gasteiger partial charge in [-0.3, -0.25) is 4.79 Å². The Balaban J connectivity index is 1.49. The molecule has 0 N–H and O–H groups in total. The minimum Gasteiger partial charge on any atom is -0.493 e. The molecule has 3 aromatic carbocycles. The van der Waals surface area contributed by atoms with Crippen LogP contribution in [0.5, 0.6) is 11.5 Å². The zero-order valence-electron chi connectivity index (χ0n) is 18.0. The molecule has 168 valence electrons. The van der Waals surface area contributed by atoms with Crippen LogP contribution >= 0.6 is 23.2 Å². The molecule has 0 saturated carbocycles.